The van der Waals surface area contributed by atoms with E-state index >= 15 is 0 Å². The lowest BCUT2D eigenvalue weighted by molar-refractivity contribution is -0.114. The number of benzene rings is 1. The quantitative estimate of drug-likeness (QED) is 0.749. The summed E-state index contributed by atoms with van der Waals surface area (Å²) in [7, 11) is 0. The van der Waals surface area contributed by atoms with E-state index in [-0.39, 0.29) is 17.1 Å². The van der Waals surface area contributed by atoms with Crippen molar-refractivity contribution in [2.24, 2.45) is 0 Å². The Hall–Kier alpha value is -2.82. The molecule has 0 unspecified atom stereocenters. The van der Waals surface area contributed by atoms with Crippen LogP contribution in [0.25, 0.3) is 0 Å². The molecule has 0 aromatic heterocycles. The van der Waals surface area contributed by atoms with Gasteiger partial charge in [-0.2, -0.15) is 0 Å². The second-order valence-electron chi connectivity index (χ2n) is 4.25. The third kappa shape index (κ3) is 3.58. The Morgan fingerprint density at radius 3 is 2.20 bits per heavy atom. The molecular weight excluding hydrogens is 256 g/mol. The summed E-state index contributed by atoms with van der Waals surface area (Å²) in [6.07, 6.45) is 0. The molecule has 2 rings (SSSR count). The largest absolute Gasteiger partial charge is 0.508 e. The van der Waals surface area contributed by atoms with E-state index in [4.69, 9.17) is 0 Å². The molecule has 5 nitrogen and oxygen atoms in total. The van der Waals surface area contributed by atoms with E-state index in [1.807, 2.05) is 0 Å². The molecular formula is C15H14N2O3. The molecule has 0 aliphatic heterocycles. The number of phenols is 1. The Morgan fingerprint density at radius 1 is 0.950 bits per heavy atom. The molecule has 0 saturated heterocycles. The maximum Gasteiger partial charge on any atom is 0.221 e. The molecule has 2 aromatic carbocycles. The van der Waals surface area contributed by atoms with Gasteiger partial charge in [-0.25, -0.2) is 0 Å². The van der Waals surface area contributed by atoms with Crippen molar-refractivity contribution in [2.45, 2.75) is 6.92 Å². The maximum atomic E-state index is 11.9. The van der Waals surface area contributed by atoms with Crippen LogP contribution in [0.1, 0.15) is 6.92 Å². The molecule has 3 N–H and O–H groups in total. The minimum Gasteiger partial charge on any atom is -0.508 e. The van der Waals surface area contributed by atoms with Gasteiger partial charge in [0.1, 0.15) is 5.75 Å². The molecule has 0 atom stereocenters. The second kappa shape index (κ2) is 5.88. The Labute approximate surface area is 115 Å². The second-order valence-corrected chi connectivity index (χ2v) is 4.25. The summed E-state index contributed by atoms with van der Waals surface area (Å²) >= 11 is 0. The van der Waals surface area contributed by atoms with Crippen LogP contribution in [0, 0.1) is 0 Å². The van der Waals surface area contributed by atoms with E-state index in [0.717, 1.165) is 0 Å². The average Bonchev–Trinajstić information content (AvgIpc) is 2.56. The maximum absolute atomic E-state index is 11.9. The number of amides is 1. The van der Waals surface area contributed by atoms with Gasteiger partial charge in [-0.05, 0) is 48.5 Å². The highest BCUT2D eigenvalue weighted by Gasteiger charge is 2.00. The van der Waals surface area contributed by atoms with Crippen LogP contribution < -0.4 is 16.1 Å². The fourth-order valence-electron chi connectivity index (χ4n) is 1.66. The number of hydrogen-bond acceptors (Lipinski definition) is 4. The van der Waals surface area contributed by atoms with E-state index in [1.165, 1.54) is 25.1 Å². The topological polar surface area (TPSA) is 78.4 Å². The Bertz CT molecular complexity index is 681. The van der Waals surface area contributed by atoms with Crippen molar-refractivity contribution in [3.63, 3.8) is 0 Å². The number of phenolic OH excluding ortho intramolecular Hbond substituents is 1. The van der Waals surface area contributed by atoms with Gasteiger partial charge in [0.2, 0.25) is 11.3 Å². The van der Waals surface area contributed by atoms with E-state index < -0.39 is 0 Å². The van der Waals surface area contributed by atoms with Crippen molar-refractivity contribution in [3.8, 4) is 5.75 Å². The van der Waals surface area contributed by atoms with Gasteiger partial charge in [-0.3, -0.25) is 9.59 Å². The predicted octanol–water partition coefficient (Wildman–Crippen LogP) is 2.45. The van der Waals surface area contributed by atoms with Crippen LogP contribution >= 0.6 is 0 Å². The summed E-state index contributed by atoms with van der Waals surface area (Å²) in [5.74, 6) is -0.0406. The fourth-order valence-corrected chi connectivity index (χ4v) is 1.66. The molecule has 2 aromatic rings. The average molecular weight is 270 g/mol. The summed E-state index contributed by atoms with van der Waals surface area (Å²) in [6.45, 7) is 1.40. The van der Waals surface area contributed by atoms with Crippen LogP contribution in [-0.2, 0) is 4.79 Å². The normalized spacial score (nSPS) is 9.85. The minimum atomic E-state index is -0.199. The molecule has 0 aliphatic carbocycles. The van der Waals surface area contributed by atoms with E-state index in [1.54, 1.807) is 30.3 Å². The first kappa shape index (κ1) is 13.6. The molecule has 20 heavy (non-hydrogen) atoms. The highest BCUT2D eigenvalue weighted by atomic mass is 16.3. The molecule has 0 heterocycles. The molecule has 0 aliphatic rings. The van der Waals surface area contributed by atoms with Gasteiger partial charge in [0.25, 0.3) is 0 Å². The summed E-state index contributed by atoms with van der Waals surface area (Å²) in [5.41, 5.74) is 1.42. The number of carbonyl (C=O) groups excluding carboxylic acids is 1. The van der Waals surface area contributed by atoms with E-state index in [2.05, 4.69) is 10.6 Å². The zero-order valence-corrected chi connectivity index (χ0v) is 10.9. The van der Waals surface area contributed by atoms with Crippen molar-refractivity contribution < 1.29 is 9.90 Å². The summed E-state index contributed by atoms with van der Waals surface area (Å²) in [4.78, 5) is 22.9. The SMILES string of the molecule is CC(=O)Nc1ccc(Nc2ccc(O)cc2)c(=O)cc1. The third-order valence-corrected chi connectivity index (χ3v) is 2.58. The monoisotopic (exact) mass is 270 g/mol. The minimum absolute atomic E-state index is 0.157. The Kier molecular flexibility index (Phi) is 4.00. The Morgan fingerprint density at radius 2 is 1.55 bits per heavy atom. The highest BCUT2D eigenvalue weighted by molar-refractivity contribution is 5.88. The smallest absolute Gasteiger partial charge is 0.221 e. The lowest BCUT2D eigenvalue weighted by Crippen LogP contribution is -2.04. The standard InChI is InChI=1S/C15H14N2O3/c1-10(18)16-11-4-8-14(15(20)9-5-11)17-12-2-6-13(19)7-3-12/h2-9,19H,1H3,(H,16,18)(H,17,20). The molecule has 1 amide bonds. The zero-order valence-electron chi connectivity index (χ0n) is 10.9. The van der Waals surface area contributed by atoms with Crippen LogP contribution in [0.2, 0.25) is 0 Å². The molecule has 5 heteroatoms. The summed E-state index contributed by atoms with van der Waals surface area (Å²) in [5, 5.41) is 14.8. The molecule has 0 bridgehead atoms. The van der Waals surface area contributed by atoms with Crippen molar-refractivity contribution in [1.29, 1.82) is 0 Å². The lowest BCUT2D eigenvalue weighted by atomic mass is 10.3. The van der Waals surface area contributed by atoms with Crippen LogP contribution in [0.4, 0.5) is 17.1 Å². The summed E-state index contributed by atoms with van der Waals surface area (Å²) < 4.78 is 0. The van der Waals surface area contributed by atoms with Gasteiger partial charge in [0.05, 0.1) is 5.69 Å². The van der Waals surface area contributed by atoms with E-state index in [0.29, 0.717) is 17.1 Å². The molecule has 0 spiro atoms. The van der Waals surface area contributed by atoms with Crippen molar-refractivity contribution >= 4 is 23.0 Å². The van der Waals surface area contributed by atoms with Crippen LogP contribution in [0.3, 0.4) is 0 Å². The highest BCUT2D eigenvalue weighted by Crippen LogP contribution is 2.17. The zero-order chi connectivity index (χ0) is 14.5. The van der Waals surface area contributed by atoms with E-state index in [9.17, 15) is 14.7 Å². The Balaban J connectivity index is 2.28. The van der Waals surface area contributed by atoms with Gasteiger partial charge in [-0.15, -0.1) is 0 Å². The summed E-state index contributed by atoms with van der Waals surface area (Å²) in [6, 6.07) is 12.6. The van der Waals surface area contributed by atoms with Crippen molar-refractivity contribution in [3.05, 3.63) is 58.8 Å². The molecule has 0 saturated carbocycles. The van der Waals surface area contributed by atoms with Crippen molar-refractivity contribution in [1.82, 2.24) is 0 Å². The number of carbonyl (C=O) groups is 1. The predicted molar refractivity (Wildman–Crippen MR) is 78.4 cm³/mol. The lowest BCUT2D eigenvalue weighted by Gasteiger charge is -2.03. The van der Waals surface area contributed by atoms with Gasteiger partial charge in [0, 0.05) is 18.3 Å². The van der Waals surface area contributed by atoms with Gasteiger partial charge >= 0.3 is 0 Å². The van der Waals surface area contributed by atoms with Crippen molar-refractivity contribution in [2.75, 3.05) is 10.6 Å². The molecule has 0 radical (unpaired) electrons. The first-order chi connectivity index (χ1) is 9.54. The molecule has 102 valence electrons. The fraction of sp³-hybridized carbons (Fsp3) is 0.0667. The number of aromatic hydroxyl groups is 1. The number of hydrogen-bond donors (Lipinski definition) is 3. The van der Waals surface area contributed by atoms with Gasteiger partial charge in [0.15, 0.2) is 0 Å². The first-order valence-electron chi connectivity index (χ1n) is 6.02. The first-order valence-corrected chi connectivity index (χ1v) is 6.02. The molecule has 0 fully saturated rings. The number of anilines is 3. The number of nitrogens with one attached hydrogen (secondary N) is 2. The van der Waals surface area contributed by atoms with Gasteiger partial charge < -0.3 is 15.7 Å². The van der Waals surface area contributed by atoms with Crippen LogP contribution in [-0.4, -0.2) is 11.0 Å². The van der Waals surface area contributed by atoms with Crippen LogP contribution in [0.5, 0.6) is 5.75 Å². The third-order valence-electron chi connectivity index (χ3n) is 2.58. The van der Waals surface area contributed by atoms with Gasteiger partial charge in [-0.1, -0.05) is 0 Å². The van der Waals surface area contributed by atoms with Crippen LogP contribution in [0.15, 0.2) is 53.3 Å². The number of rotatable bonds is 3.